The van der Waals surface area contributed by atoms with E-state index in [0.29, 0.717) is 0 Å². The minimum atomic E-state index is 0. The Morgan fingerprint density at radius 2 is 1.00 bits per heavy atom. The Labute approximate surface area is 68.1 Å². The maximum Gasteiger partial charge on any atom is 0 e. The van der Waals surface area contributed by atoms with Crippen LogP contribution in [0.5, 0.6) is 0 Å². The SMILES string of the molecule is [B].[Cu].[Fe].[Zr]. The Hall–Kier alpha value is 1.99. The average Bonchev–Trinajstić information content (AvgIpc) is 0. The number of rotatable bonds is 0. The number of hydrogen-bond acceptors (Lipinski definition) is 0. The van der Waals surface area contributed by atoms with Crippen LogP contribution in [-0.4, -0.2) is 8.41 Å². The predicted octanol–water partition coefficient (Wildman–Crippen LogP) is -0.388. The Morgan fingerprint density at radius 1 is 1.00 bits per heavy atom. The molecular formula is BCuFeZr. The van der Waals surface area contributed by atoms with Crippen molar-refractivity contribution in [3.8, 4) is 0 Å². The summed E-state index contributed by atoms with van der Waals surface area (Å²) in [6, 6.07) is 0. The van der Waals surface area contributed by atoms with Crippen molar-refractivity contribution in [3.63, 3.8) is 0 Å². The van der Waals surface area contributed by atoms with Gasteiger partial charge in [0.15, 0.2) is 0 Å². The topological polar surface area (TPSA) is 0 Å². The normalized spacial score (nSPS) is 0. The molecule has 0 saturated carbocycles. The van der Waals surface area contributed by atoms with Crippen LogP contribution in [0.25, 0.3) is 0 Å². The fraction of sp³-hybridized carbons (Fsp3) is 0. The van der Waals surface area contributed by atoms with Crippen molar-refractivity contribution in [2.24, 2.45) is 0 Å². The summed E-state index contributed by atoms with van der Waals surface area (Å²) in [6.45, 7) is 0. The zero-order valence-electron chi connectivity index (χ0n) is 1.73. The van der Waals surface area contributed by atoms with Crippen molar-refractivity contribution < 1.29 is 60.3 Å². The van der Waals surface area contributed by atoms with Crippen LogP contribution in [0.1, 0.15) is 0 Å². The van der Waals surface area contributed by atoms with Gasteiger partial charge >= 0.3 is 0 Å². The molecule has 0 atom stereocenters. The third kappa shape index (κ3) is 9.01. The average molecular weight is 221 g/mol. The number of hydrogen-bond donors (Lipinski definition) is 0. The van der Waals surface area contributed by atoms with Crippen molar-refractivity contribution in [2.45, 2.75) is 0 Å². The molecule has 26 valence electrons. The summed E-state index contributed by atoms with van der Waals surface area (Å²) in [7, 11) is 0. The van der Waals surface area contributed by atoms with E-state index >= 15 is 0 Å². The monoisotopic (exact) mass is 220 g/mol. The van der Waals surface area contributed by atoms with E-state index in [9.17, 15) is 0 Å². The van der Waals surface area contributed by atoms with E-state index in [0.717, 1.165) is 0 Å². The molecule has 0 aromatic heterocycles. The van der Waals surface area contributed by atoms with Gasteiger partial charge in [-0.15, -0.1) is 0 Å². The van der Waals surface area contributed by atoms with Gasteiger partial charge in [-0.2, -0.15) is 0 Å². The zero-order chi connectivity index (χ0) is 0. The van der Waals surface area contributed by atoms with Crippen LogP contribution in [0, 0.1) is 0 Å². The van der Waals surface area contributed by atoms with E-state index in [2.05, 4.69) is 0 Å². The van der Waals surface area contributed by atoms with Gasteiger partial charge in [-0.3, -0.25) is 0 Å². The van der Waals surface area contributed by atoms with Crippen LogP contribution in [-0.2, 0) is 60.3 Å². The van der Waals surface area contributed by atoms with Gasteiger partial charge in [-0.1, -0.05) is 0 Å². The molecule has 0 heterocycles. The van der Waals surface area contributed by atoms with Crippen molar-refractivity contribution in [1.82, 2.24) is 0 Å². The largest absolute Gasteiger partial charge is 0 e. The molecule has 4 heavy (non-hydrogen) atoms. The van der Waals surface area contributed by atoms with Crippen molar-refractivity contribution >= 4 is 8.41 Å². The van der Waals surface area contributed by atoms with Crippen LogP contribution in [0.2, 0.25) is 0 Å². The van der Waals surface area contributed by atoms with E-state index in [4.69, 9.17) is 0 Å². The fourth-order valence-corrected chi connectivity index (χ4v) is 0. The van der Waals surface area contributed by atoms with Gasteiger partial charge in [0.25, 0.3) is 0 Å². The maximum atomic E-state index is 0. The van der Waals surface area contributed by atoms with Crippen LogP contribution in [0.15, 0.2) is 0 Å². The Kier molecular flexibility index (Phi) is 189. The molecule has 0 aliphatic carbocycles. The molecule has 0 N–H and O–H groups in total. The zero-order valence-corrected chi connectivity index (χ0v) is 6.24. The smallest absolute Gasteiger partial charge is 0 e. The first-order valence-corrected chi connectivity index (χ1v) is 0. The summed E-state index contributed by atoms with van der Waals surface area (Å²) in [6.07, 6.45) is 0. The molecule has 0 nitrogen and oxygen atoms in total. The first kappa shape index (κ1) is 37.7. The third-order valence-electron chi connectivity index (χ3n) is 0. The summed E-state index contributed by atoms with van der Waals surface area (Å²) in [4.78, 5) is 0. The van der Waals surface area contributed by atoms with Gasteiger partial charge in [-0.25, -0.2) is 0 Å². The van der Waals surface area contributed by atoms with Gasteiger partial charge in [0.2, 0.25) is 0 Å². The molecule has 0 aliphatic heterocycles. The Morgan fingerprint density at radius 3 is 1.00 bits per heavy atom. The first-order valence-electron chi connectivity index (χ1n) is 0. The second kappa shape index (κ2) is 20.1. The van der Waals surface area contributed by atoms with Gasteiger partial charge in [0.05, 0.1) is 0 Å². The molecule has 0 bridgehead atoms. The third-order valence-corrected chi connectivity index (χ3v) is 0. The van der Waals surface area contributed by atoms with Crippen LogP contribution >= 0.6 is 0 Å². The van der Waals surface area contributed by atoms with E-state index < -0.39 is 0 Å². The summed E-state index contributed by atoms with van der Waals surface area (Å²) in [5, 5.41) is 0. The first-order chi connectivity index (χ1) is 0. The summed E-state index contributed by atoms with van der Waals surface area (Å²) < 4.78 is 0. The van der Waals surface area contributed by atoms with E-state index in [-0.39, 0.29) is 68.8 Å². The molecule has 0 aliphatic rings. The van der Waals surface area contributed by atoms with Crippen molar-refractivity contribution in [3.05, 3.63) is 0 Å². The molecule has 0 saturated heterocycles. The standard InChI is InChI=1S/B.Cu.Fe.Zr. The van der Waals surface area contributed by atoms with E-state index in [1.54, 1.807) is 0 Å². The molecule has 4 heteroatoms. The molecule has 0 unspecified atom stereocenters. The van der Waals surface area contributed by atoms with E-state index in [1.165, 1.54) is 0 Å². The minimum Gasteiger partial charge on any atom is 0 e. The summed E-state index contributed by atoms with van der Waals surface area (Å²) in [5.41, 5.74) is 0. The van der Waals surface area contributed by atoms with Gasteiger partial charge in [0, 0.05) is 68.8 Å². The van der Waals surface area contributed by atoms with Gasteiger partial charge in [-0.05, 0) is 0 Å². The van der Waals surface area contributed by atoms with Crippen LogP contribution in [0.3, 0.4) is 0 Å². The second-order valence-electron chi connectivity index (χ2n) is 0. The fourth-order valence-electron chi connectivity index (χ4n) is 0. The summed E-state index contributed by atoms with van der Waals surface area (Å²) in [5.74, 6) is 0. The molecule has 4 radical (unpaired) electrons. The van der Waals surface area contributed by atoms with E-state index in [1.807, 2.05) is 0 Å². The molecule has 0 rings (SSSR count). The van der Waals surface area contributed by atoms with Crippen molar-refractivity contribution in [2.75, 3.05) is 0 Å². The van der Waals surface area contributed by atoms with Gasteiger partial charge < -0.3 is 0 Å². The Balaban J connectivity index is 0. The van der Waals surface area contributed by atoms with Crippen molar-refractivity contribution in [1.29, 1.82) is 0 Å². The van der Waals surface area contributed by atoms with Crippen LogP contribution < -0.4 is 0 Å². The molecule has 0 amide bonds. The molecule has 0 spiro atoms. The minimum absolute atomic E-state index is 0. The molecule has 0 fully saturated rings. The Bertz CT molecular complexity index is 8.00. The maximum absolute atomic E-state index is 0. The van der Waals surface area contributed by atoms with Crippen LogP contribution in [0.4, 0.5) is 0 Å². The summed E-state index contributed by atoms with van der Waals surface area (Å²) >= 11 is 0. The molecular weight excluding hydrogens is 221 g/mol. The molecule has 0 aromatic rings. The van der Waals surface area contributed by atoms with Gasteiger partial charge in [0.1, 0.15) is 0 Å². The molecule has 0 aromatic carbocycles. The second-order valence-corrected chi connectivity index (χ2v) is 0. The quantitative estimate of drug-likeness (QED) is 0.489. The predicted molar refractivity (Wildman–Crippen MR) is 5.75 cm³/mol.